The van der Waals surface area contributed by atoms with E-state index in [4.69, 9.17) is 0 Å². The number of benzene rings is 1. The van der Waals surface area contributed by atoms with Crippen LogP contribution in [0, 0.1) is 11.3 Å². The molecule has 3 heterocycles. The predicted molar refractivity (Wildman–Crippen MR) is 132 cm³/mol. The number of piperazine rings is 1. The van der Waals surface area contributed by atoms with Crippen molar-refractivity contribution in [2.45, 2.75) is 40.0 Å². The molecule has 1 fully saturated rings. The predicted octanol–water partition coefficient (Wildman–Crippen LogP) is 5.34. The maximum atomic E-state index is 4.64. The maximum Gasteiger partial charge on any atom is 0.142 e. The Morgan fingerprint density at radius 3 is 2.48 bits per heavy atom. The van der Waals surface area contributed by atoms with Crippen molar-refractivity contribution in [2.75, 3.05) is 43.4 Å². The average Bonchev–Trinajstić information content (AvgIpc) is 3.13. The summed E-state index contributed by atoms with van der Waals surface area (Å²) in [6.07, 6.45) is 5.24. The van der Waals surface area contributed by atoms with E-state index >= 15 is 0 Å². The van der Waals surface area contributed by atoms with Gasteiger partial charge in [-0.1, -0.05) is 20.8 Å². The molecule has 164 valence electrons. The first-order chi connectivity index (χ1) is 14.9. The number of fused-ring (bicyclic) bond motifs is 3. The Kier molecular flexibility index (Phi) is 5.39. The van der Waals surface area contributed by atoms with Crippen molar-refractivity contribution in [1.29, 1.82) is 0 Å². The summed E-state index contributed by atoms with van der Waals surface area (Å²) in [5, 5.41) is 4.82. The molecule has 2 aromatic heterocycles. The van der Waals surface area contributed by atoms with Crippen LogP contribution in [0.2, 0.25) is 0 Å². The van der Waals surface area contributed by atoms with Gasteiger partial charge in [-0.05, 0) is 67.5 Å². The van der Waals surface area contributed by atoms with Gasteiger partial charge in [0.25, 0.3) is 0 Å². The largest absolute Gasteiger partial charge is 0.369 e. The van der Waals surface area contributed by atoms with Gasteiger partial charge in [0.15, 0.2) is 0 Å². The summed E-state index contributed by atoms with van der Waals surface area (Å²) in [6, 6.07) is 8.80. The van der Waals surface area contributed by atoms with Crippen molar-refractivity contribution in [3.63, 3.8) is 0 Å². The molecule has 5 nitrogen and oxygen atoms in total. The van der Waals surface area contributed by atoms with Crippen LogP contribution in [0.3, 0.4) is 0 Å². The van der Waals surface area contributed by atoms with E-state index in [0.717, 1.165) is 54.9 Å². The minimum atomic E-state index is 0.353. The zero-order valence-electron chi connectivity index (χ0n) is 19.1. The topological polar surface area (TPSA) is 44.3 Å². The van der Waals surface area contributed by atoms with Gasteiger partial charge in [-0.2, -0.15) is 0 Å². The Morgan fingerprint density at radius 1 is 1.03 bits per heavy atom. The summed E-state index contributed by atoms with van der Waals surface area (Å²) >= 11 is 1.86. The molecule has 0 spiro atoms. The molecule has 0 saturated carbocycles. The first-order valence-electron chi connectivity index (χ1n) is 11.4. The Morgan fingerprint density at radius 2 is 1.77 bits per heavy atom. The van der Waals surface area contributed by atoms with Crippen LogP contribution in [0.1, 0.15) is 37.6 Å². The molecule has 1 aliphatic heterocycles. The van der Waals surface area contributed by atoms with Gasteiger partial charge in [-0.15, -0.1) is 11.3 Å². The first-order valence-corrected chi connectivity index (χ1v) is 12.3. The van der Waals surface area contributed by atoms with E-state index in [9.17, 15) is 0 Å². The van der Waals surface area contributed by atoms with E-state index in [0.29, 0.717) is 5.41 Å². The van der Waals surface area contributed by atoms with Crippen LogP contribution in [-0.4, -0.2) is 48.1 Å². The number of nitrogens with zero attached hydrogens (tertiary/aromatic N) is 4. The Balaban J connectivity index is 1.38. The molecule has 31 heavy (non-hydrogen) atoms. The van der Waals surface area contributed by atoms with Crippen LogP contribution in [0.25, 0.3) is 10.2 Å². The molecular formula is C25H33N5S. The van der Waals surface area contributed by atoms with Crippen LogP contribution in [-0.2, 0) is 12.8 Å². The number of rotatable bonds is 3. The highest BCUT2D eigenvalue weighted by Gasteiger charge is 2.31. The molecule has 1 aromatic carbocycles. The zero-order valence-corrected chi connectivity index (χ0v) is 19.9. The molecule has 1 atom stereocenters. The Labute approximate surface area is 189 Å². The normalized spacial score (nSPS) is 20.1. The number of hydrogen-bond acceptors (Lipinski definition) is 6. The number of aromatic nitrogens is 2. The van der Waals surface area contributed by atoms with Crippen LogP contribution in [0.15, 0.2) is 30.6 Å². The van der Waals surface area contributed by atoms with Crippen molar-refractivity contribution in [2.24, 2.45) is 11.3 Å². The third kappa shape index (κ3) is 4.15. The number of likely N-dealkylation sites (N-methyl/N-ethyl adjacent to an activating group) is 1. The van der Waals surface area contributed by atoms with Crippen LogP contribution in [0.5, 0.6) is 0 Å². The Hall–Kier alpha value is -2.18. The summed E-state index contributed by atoms with van der Waals surface area (Å²) in [4.78, 5) is 16.7. The van der Waals surface area contributed by atoms with E-state index in [1.807, 2.05) is 11.3 Å². The number of nitrogens with one attached hydrogen (secondary N) is 1. The summed E-state index contributed by atoms with van der Waals surface area (Å²) in [7, 11) is 2.19. The van der Waals surface area contributed by atoms with Crippen molar-refractivity contribution in [1.82, 2.24) is 14.9 Å². The number of hydrogen-bond donors (Lipinski definition) is 1. The van der Waals surface area contributed by atoms with Crippen LogP contribution < -0.4 is 10.2 Å². The summed E-state index contributed by atoms with van der Waals surface area (Å²) in [5.41, 5.74) is 4.21. The van der Waals surface area contributed by atoms with E-state index in [-0.39, 0.29) is 0 Å². The summed E-state index contributed by atoms with van der Waals surface area (Å²) in [6.45, 7) is 11.5. The van der Waals surface area contributed by atoms with Crippen molar-refractivity contribution in [3.8, 4) is 0 Å². The summed E-state index contributed by atoms with van der Waals surface area (Å²) in [5.74, 6) is 1.68. The van der Waals surface area contributed by atoms with Crippen LogP contribution in [0.4, 0.5) is 17.2 Å². The van der Waals surface area contributed by atoms with Crippen LogP contribution >= 0.6 is 11.3 Å². The standard InChI is InChI=1S/C25H33N5S/c1-25(2,3)17-5-10-20-21(15-17)31-24-22(20)23(26-16-27-24)28-18-6-8-19(9-7-18)30-13-11-29(4)12-14-30/h6-9,16-17H,5,10-15H2,1-4H3,(H,26,27,28). The molecular weight excluding hydrogens is 402 g/mol. The second-order valence-electron chi connectivity index (χ2n) is 10.2. The highest BCUT2D eigenvalue weighted by molar-refractivity contribution is 7.19. The molecule has 1 aliphatic carbocycles. The average molecular weight is 436 g/mol. The monoisotopic (exact) mass is 435 g/mol. The molecule has 1 N–H and O–H groups in total. The SMILES string of the molecule is CN1CCN(c2ccc(Nc3ncnc4sc5c(c34)CCC(C(C)(C)C)C5)cc2)CC1. The fourth-order valence-electron chi connectivity index (χ4n) is 4.90. The lowest BCUT2D eigenvalue weighted by atomic mass is 9.72. The van der Waals surface area contributed by atoms with Gasteiger partial charge < -0.3 is 15.1 Å². The molecule has 1 unspecified atom stereocenters. The van der Waals surface area contributed by atoms with Crippen molar-refractivity contribution >= 4 is 38.7 Å². The van der Waals surface area contributed by atoms with Crippen molar-refractivity contribution in [3.05, 3.63) is 41.0 Å². The number of thiophene rings is 1. The van der Waals surface area contributed by atoms with E-state index < -0.39 is 0 Å². The molecule has 5 rings (SSSR count). The van der Waals surface area contributed by atoms with Gasteiger partial charge in [0, 0.05) is 42.4 Å². The fourth-order valence-corrected chi connectivity index (χ4v) is 6.17. The highest BCUT2D eigenvalue weighted by Crippen LogP contribution is 2.44. The second kappa shape index (κ2) is 8.06. The fraction of sp³-hybridized carbons (Fsp3) is 0.520. The maximum absolute atomic E-state index is 4.64. The van der Waals surface area contributed by atoms with Gasteiger partial charge in [0.1, 0.15) is 17.0 Å². The molecule has 0 bridgehead atoms. The lowest BCUT2D eigenvalue weighted by molar-refractivity contribution is 0.218. The lowest BCUT2D eigenvalue weighted by Crippen LogP contribution is -2.44. The lowest BCUT2D eigenvalue weighted by Gasteiger charge is -2.34. The minimum Gasteiger partial charge on any atom is -0.369 e. The van der Waals surface area contributed by atoms with Crippen molar-refractivity contribution < 1.29 is 0 Å². The molecule has 1 saturated heterocycles. The van der Waals surface area contributed by atoms with E-state index in [1.165, 1.54) is 34.4 Å². The molecule has 0 radical (unpaired) electrons. The Bertz CT molecular complexity index is 1060. The molecule has 3 aromatic rings. The number of aryl methyl sites for hydroxylation is 1. The second-order valence-corrected chi connectivity index (χ2v) is 11.3. The third-order valence-electron chi connectivity index (χ3n) is 7.07. The molecule has 6 heteroatoms. The van der Waals surface area contributed by atoms with Gasteiger partial charge in [-0.25, -0.2) is 9.97 Å². The zero-order chi connectivity index (χ0) is 21.6. The third-order valence-corrected chi connectivity index (χ3v) is 8.23. The number of anilines is 3. The molecule has 0 amide bonds. The van der Waals surface area contributed by atoms with Gasteiger partial charge in [0.2, 0.25) is 0 Å². The van der Waals surface area contributed by atoms with Gasteiger partial charge >= 0.3 is 0 Å². The summed E-state index contributed by atoms with van der Waals surface area (Å²) < 4.78 is 0. The van der Waals surface area contributed by atoms with E-state index in [2.05, 4.69) is 77.2 Å². The highest BCUT2D eigenvalue weighted by atomic mass is 32.1. The first kappa shape index (κ1) is 20.7. The van der Waals surface area contributed by atoms with E-state index in [1.54, 1.807) is 6.33 Å². The van der Waals surface area contributed by atoms with Gasteiger partial charge in [-0.3, -0.25) is 0 Å². The van der Waals surface area contributed by atoms with Gasteiger partial charge in [0.05, 0.1) is 5.39 Å². The smallest absolute Gasteiger partial charge is 0.142 e. The minimum absolute atomic E-state index is 0.353. The quantitative estimate of drug-likeness (QED) is 0.602. The molecule has 2 aliphatic rings.